The van der Waals surface area contributed by atoms with Crippen molar-refractivity contribution in [2.24, 2.45) is 0 Å². The van der Waals surface area contributed by atoms with Gasteiger partial charge in [-0.1, -0.05) is 42.3 Å². The third-order valence-corrected chi connectivity index (χ3v) is 6.68. The number of imidazole rings is 1. The number of hydrogen-bond donors (Lipinski definition) is 1. The first-order chi connectivity index (χ1) is 14.9. The number of H-pyrrole nitrogens is 1. The molecule has 2 aliphatic rings. The van der Waals surface area contributed by atoms with Crippen molar-refractivity contribution in [3.05, 3.63) is 65.4 Å². The first-order valence-electron chi connectivity index (χ1n) is 11.0. The molecule has 0 bridgehead atoms. The zero-order valence-corrected chi connectivity index (χ0v) is 16.9. The predicted molar refractivity (Wildman–Crippen MR) is 113 cm³/mol. The molecule has 1 unspecified atom stereocenters. The first kappa shape index (κ1) is 17.7. The van der Waals surface area contributed by atoms with Gasteiger partial charge in [-0.25, -0.2) is 9.97 Å². The van der Waals surface area contributed by atoms with Crippen LogP contribution in [0, 0.1) is 0 Å². The summed E-state index contributed by atoms with van der Waals surface area (Å²) in [5, 5.41) is 15.0. The monoisotopic (exact) mass is 399 g/mol. The lowest BCUT2D eigenvalue weighted by atomic mass is 9.75. The first-order valence-corrected chi connectivity index (χ1v) is 11.0. The van der Waals surface area contributed by atoms with E-state index in [0.29, 0.717) is 17.8 Å². The maximum atomic E-state index is 4.88. The van der Waals surface area contributed by atoms with E-state index in [1.165, 1.54) is 49.1 Å². The summed E-state index contributed by atoms with van der Waals surface area (Å²) in [5.74, 6) is 3.46. The van der Waals surface area contributed by atoms with Gasteiger partial charge >= 0.3 is 0 Å². The van der Waals surface area contributed by atoms with E-state index in [2.05, 4.69) is 60.5 Å². The Morgan fingerprint density at radius 1 is 0.967 bits per heavy atom. The van der Waals surface area contributed by atoms with Gasteiger partial charge in [-0.15, -0.1) is 10.2 Å². The third-order valence-electron chi connectivity index (χ3n) is 6.68. The number of aromatic nitrogens is 7. The van der Waals surface area contributed by atoms with E-state index in [9.17, 15) is 0 Å². The average Bonchev–Trinajstić information content (AvgIpc) is 3.37. The molecule has 6 rings (SSSR count). The molecular weight excluding hydrogens is 374 g/mol. The summed E-state index contributed by atoms with van der Waals surface area (Å²) in [5.41, 5.74) is 4.66. The van der Waals surface area contributed by atoms with Crippen LogP contribution in [0.4, 0.5) is 0 Å². The van der Waals surface area contributed by atoms with Crippen molar-refractivity contribution < 1.29 is 0 Å². The highest BCUT2D eigenvalue weighted by atomic mass is 15.5. The fourth-order valence-corrected chi connectivity index (χ4v) is 5.00. The standard InChI is InChI=1S/C23H25N7/c1-2-5-19(21-26-28-29-27-21)18(4-1)16-9-7-15(8-10-16)14-30-22(17-11-12-17)25-20-6-3-13-24-23(20)30/h3,6-10,13,17-19H,1-2,4-5,11-12,14H2,(H,26,27,28,29)/t18?,19-/m0/s1. The Bertz CT molecular complexity index is 1140. The van der Waals surface area contributed by atoms with Gasteiger partial charge in [-0.05, 0) is 54.9 Å². The van der Waals surface area contributed by atoms with Crippen molar-refractivity contribution in [1.82, 2.24) is 35.2 Å². The fourth-order valence-electron chi connectivity index (χ4n) is 5.00. The third kappa shape index (κ3) is 3.18. The molecule has 2 saturated carbocycles. The van der Waals surface area contributed by atoms with Crippen molar-refractivity contribution >= 4 is 11.2 Å². The number of fused-ring (bicyclic) bond motifs is 1. The predicted octanol–water partition coefficient (Wildman–Crippen LogP) is 4.31. The second-order valence-electron chi connectivity index (χ2n) is 8.69. The maximum Gasteiger partial charge on any atom is 0.178 e. The van der Waals surface area contributed by atoms with Crippen LogP contribution < -0.4 is 0 Å². The van der Waals surface area contributed by atoms with Crippen LogP contribution in [0.25, 0.3) is 11.2 Å². The van der Waals surface area contributed by atoms with Crippen LogP contribution in [0.5, 0.6) is 0 Å². The summed E-state index contributed by atoms with van der Waals surface area (Å²) in [4.78, 5) is 9.49. The molecule has 0 aliphatic heterocycles. The number of benzene rings is 1. The molecule has 2 fully saturated rings. The topological polar surface area (TPSA) is 85.2 Å². The van der Waals surface area contributed by atoms with Gasteiger partial charge in [-0.2, -0.15) is 5.21 Å². The van der Waals surface area contributed by atoms with E-state index in [-0.39, 0.29) is 0 Å². The molecule has 0 saturated heterocycles. The molecular formula is C23H25N7. The summed E-state index contributed by atoms with van der Waals surface area (Å²) in [6, 6.07) is 13.2. The lowest BCUT2D eigenvalue weighted by Gasteiger charge is -2.29. The highest BCUT2D eigenvalue weighted by Gasteiger charge is 2.31. The van der Waals surface area contributed by atoms with E-state index >= 15 is 0 Å². The van der Waals surface area contributed by atoms with E-state index in [1.807, 2.05) is 12.3 Å². The number of nitrogens with zero attached hydrogens (tertiary/aromatic N) is 6. The molecule has 1 aromatic carbocycles. The molecule has 3 aromatic heterocycles. The lowest BCUT2D eigenvalue weighted by molar-refractivity contribution is 0.373. The van der Waals surface area contributed by atoms with Crippen LogP contribution in [-0.2, 0) is 6.54 Å². The zero-order chi connectivity index (χ0) is 19.9. The molecule has 152 valence electrons. The molecule has 0 radical (unpaired) electrons. The normalized spacial score (nSPS) is 21.9. The quantitative estimate of drug-likeness (QED) is 0.540. The largest absolute Gasteiger partial charge is 0.308 e. The fraction of sp³-hybridized carbons (Fsp3) is 0.435. The molecule has 1 N–H and O–H groups in total. The Morgan fingerprint density at radius 2 is 1.80 bits per heavy atom. The van der Waals surface area contributed by atoms with Crippen LogP contribution in [0.2, 0.25) is 0 Å². The molecule has 2 atom stereocenters. The van der Waals surface area contributed by atoms with Gasteiger partial charge in [0.05, 0.1) is 6.54 Å². The highest BCUT2D eigenvalue weighted by molar-refractivity contribution is 5.71. The summed E-state index contributed by atoms with van der Waals surface area (Å²) in [6.07, 6.45) is 9.14. The molecule has 30 heavy (non-hydrogen) atoms. The van der Waals surface area contributed by atoms with Gasteiger partial charge in [0, 0.05) is 18.0 Å². The van der Waals surface area contributed by atoms with Crippen molar-refractivity contribution in [2.45, 2.75) is 62.8 Å². The minimum atomic E-state index is 0.353. The minimum Gasteiger partial charge on any atom is -0.308 e. The van der Waals surface area contributed by atoms with Crippen LogP contribution in [-0.4, -0.2) is 35.2 Å². The minimum absolute atomic E-state index is 0.353. The van der Waals surface area contributed by atoms with Gasteiger partial charge in [0.25, 0.3) is 0 Å². The molecule has 3 heterocycles. The number of nitrogens with one attached hydrogen (secondary N) is 1. The summed E-state index contributed by atoms with van der Waals surface area (Å²) in [7, 11) is 0. The Hall–Kier alpha value is -3.09. The van der Waals surface area contributed by atoms with E-state index in [4.69, 9.17) is 4.98 Å². The number of aromatic amines is 1. The number of hydrogen-bond acceptors (Lipinski definition) is 5. The average molecular weight is 400 g/mol. The lowest BCUT2D eigenvalue weighted by Crippen LogP contribution is -2.17. The van der Waals surface area contributed by atoms with Crippen molar-refractivity contribution in [2.75, 3.05) is 0 Å². The number of pyridine rings is 1. The molecule has 0 spiro atoms. The Kier molecular flexibility index (Phi) is 4.32. The van der Waals surface area contributed by atoms with Crippen LogP contribution >= 0.6 is 0 Å². The smallest absolute Gasteiger partial charge is 0.178 e. The number of tetrazole rings is 1. The van der Waals surface area contributed by atoms with Gasteiger partial charge in [-0.3, -0.25) is 0 Å². The van der Waals surface area contributed by atoms with Crippen LogP contribution in [0.15, 0.2) is 42.6 Å². The van der Waals surface area contributed by atoms with Crippen molar-refractivity contribution in [3.63, 3.8) is 0 Å². The summed E-state index contributed by atoms with van der Waals surface area (Å²) in [6.45, 7) is 0.818. The molecule has 7 nitrogen and oxygen atoms in total. The molecule has 4 aromatic rings. The second kappa shape index (κ2) is 7.31. The van der Waals surface area contributed by atoms with Crippen molar-refractivity contribution in [1.29, 1.82) is 0 Å². The van der Waals surface area contributed by atoms with Gasteiger partial charge in [0.1, 0.15) is 11.3 Å². The Morgan fingerprint density at radius 3 is 2.57 bits per heavy atom. The molecule has 7 heteroatoms. The summed E-state index contributed by atoms with van der Waals surface area (Å²) < 4.78 is 2.31. The van der Waals surface area contributed by atoms with Gasteiger partial charge in [0.2, 0.25) is 0 Å². The molecule has 2 aliphatic carbocycles. The summed E-state index contributed by atoms with van der Waals surface area (Å²) >= 11 is 0. The molecule has 0 amide bonds. The van der Waals surface area contributed by atoms with Crippen LogP contribution in [0.3, 0.4) is 0 Å². The van der Waals surface area contributed by atoms with E-state index in [0.717, 1.165) is 30.0 Å². The van der Waals surface area contributed by atoms with Crippen molar-refractivity contribution in [3.8, 4) is 0 Å². The zero-order valence-electron chi connectivity index (χ0n) is 16.9. The van der Waals surface area contributed by atoms with E-state index in [1.54, 1.807) is 0 Å². The SMILES string of the molecule is c1cnc2c(c1)nc(C1CC1)n2Cc1ccc(C2CCCC[C@@H]2c2nn[nH]n2)cc1. The Balaban J connectivity index is 1.28. The van der Waals surface area contributed by atoms with Gasteiger partial charge < -0.3 is 4.57 Å². The highest BCUT2D eigenvalue weighted by Crippen LogP contribution is 2.43. The Labute approximate surface area is 174 Å². The maximum absolute atomic E-state index is 4.88. The van der Waals surface area contributed by atoms with E-state index < -0.39 is 0 Å². The second-order valence-corrected chi connectivity index (χ2v) is 8.69. The van der Waals surface area contributed by atoms with Crippen LogP contribution in [0.1, 0.15) is 79.1 Å². The number of rotatable bonds is 5. The van der Waals surface area contributed by atoms with Gasteiger partial charge in [0.15, 0.2) is 11.5 Å².